The molecule has 3 aromatic carbocycles. The molecule has 7 nitrogen and oxygen atoms in total. The quantitative estimate of drug-likeness (QED) is 0.197. The number of amides is 2. The van der Waals surface area contributed by atoms with Gasteiger partial charge >= 0.3 is 0 Å². The van der Waals surface area contributed by atoms with E-state index in [4.69, 9.17) is 16.0 Å². The van der Waals surface area contributed by atoms with Gasteiger partial charge in [0, 0.05) is 53.8 Å². The number of carbonyl (C=O) groups is 2. The molecule has 2 amide bonds. The monoisotopic (exact) mass is 687 g/mol. The molecule has 0 saturated carbocycles. The van der Waals surface area contributed by atoms with Crippen LogP contribution in [0.25, 0.3) is 11.0 Å². The van der Waals surface area contributed by atoms with Gasteiger partial charge in [0.2, 0.25) is 5.91 Å². The summed E-state index contributed by atoms with van der Waals surface area (Å²) in [5, 5.41) is 4.17. The predicted octanol–water partition coefficient (Wildman–Crippen LogP) is 7.29. The van der Waals surface area contributed by atoms with Crippen LogP contribution in [0.4, 0.5) is 5.69 Å². The Balaban J connectivity index is 1.18. The maximum Gasteiger partial charge on any atom is 0.287 e. The molecule has 2 aliphatic rings. The normalized spacial score (nSPS) is 16.1. The minimum atomic E-state index is -0.439. The fourth-order valence-electron chi connectivity index (χ4n) is 6.18. The fraction of sp³-hybridized carbons (Fsp3) is 0.306. The molecule has 1 N–H and O–H groups in total. The molecule has 0 aliphatic carbocycles. The first-order valence-corrected chi connectivity index (χ1v) is 16.6. The molecule has 2 fully saturated rings. The van der Waals surface area contributed by atoms with E-state index in [-0.39, 0.29) is 23.1 Å². The highest BCUT2D eigenvalue weighted by molar-refractivity contribution is 9.10. The molecule has 2 aliphatic heterocycles. The van der Waals surface area contributed by atoms with E-state index in [0.717, 1.165) is 55.4 Å². The number of nitrogens with zero attached hydrogens (tertiary/aromatic N) is 2. The Morgan fingerprint density at radius 3 is 2.51 bits per heavy atom. The molecule has 45 heavy (non-hydrogen) atoms. The Labute approximate surface area is 276 Å². The van der Waals surface area contributed by atoms with Crippen molar-refractivity contribution in [1.29, 1.82) is 0 Å². The van der Waals surface area contributed by atoms with Gasteiger partial charge in [-0.2, -0.15) is 0 Å². The van der Waals surface area contributed by atoms with E-state index in [1.54, 1.807) is 18.2 Å². The summed E-state index contributed by atoms with van der Waals surface area (Å²) >= 11 is 9.51. The fourth-order valence-corrected chi connectivity index (χ4v) is 6.67. The van der Waals surface area contributed by atoms with Crippen LogP contribution in [-0.2, 0) is 17.8 Å². The molecular formula is C36H35BrClN3O4. The van der Waals surface area contributed by atoms with Crippen LogP contribution < -0.4 is 15.6 Å². The second-order valence-corrected chi connectivity index (χ2v) is 13.1. The summed E-state index contributed by atoms with van der Waals surface area (Å²) in [5.74, 6) is -0.218. The number of benzene rings is 3. The highest BCUT2D eigenvalue weighted by Gasteiger charge is 2.23. The summed E-state index contributed by atoms with van der Waals surface area (Å²) in [6, 6.07) is 22.1. The van der Waals surface area contributed by atoms with Gasteiger partial charge in [0.1, 0.15) is 5.58 Å². The Bertz CT molecular complexity index is 1790. The lowest BCUT2D eigenvalue weighted by molar-refractivity contribution is -0.133. The van der Waals surface area contributed by atoms with Crippen LogP contribution >= 0.6 is 27.5 Å². The second kappa shape index (κ2) is 14.0. The standard InChI is InChI=1S/C36H35BrClN3O4/c37-27-10-13-33-30(21-27)32(42)22-34(45-33)36(44)39-29(19-24-8-11-28(38)12-9-24)20-25-14-17-40(18-15-25)31-6-2-1-5-26(31)23-41-16-4-3-7-35(41)43/h1-2,5-6,8-13,20-22,29H,3-4,7,14-19,23H2,(H,39,44)/t29-/m0/s1. The van der Waals surface area contributed by atoms with Gasteiger partial charge in [-0.3, -0.25) is 14.4 Å². The van der Waals surface area contributed by atoms with Crippen molar-refractivity contribution >= 4 is 56.0 Å². The van der Waals surface area contributed by atoms with Crippen molar-refractivity contribution in [3.63, 3.8) is 0 Å². The zero-order valence-electron chi connectivity index (χ0n) is 24.9. The van der Waals surface area contributed by atoms with Crippen LogP contribution in [0.2, 0.25) is 5.02 Å². The number of nitrogens with one attached hydrogen (secondary N) is 1. The number of hydrogen-bond acceptors (Lipinski definition) is 5. The molecule has 9 heteroatoms. The zero-order chi connectivity index (χ0) is 31.3. The molecular weight excluding hydrogens is 654 g/mol. The van der Waals surface area contributed by atoms with Crippen LogP contribution in [-0.4, -0.2) is 42.4 Å². The van der Waals surface area contributed by atoms with Crippen molar-refractivity contribution in [3.8, 4) is 0 Å². The Kier molecular flexibility index (Phi) is 9.71. The third-order valence-electron chi connectivity index (χ3n) is 8.56. The highest BCUT2D eigenvalue weighted by atomic mass is 79.9. The summed E-state index contributed by atoms with van der Waals surface area (Å²) in [6.07, 6.45) is 7.09. The van der Waals surface area contributed by atoms with Gasteiger partial charge in [0.15, 0.2) is 11.2 Å². The molecule has 6 rings (SSSR count). The summed E-state index contributed by atoms with van der Waals surface area (Å²) in [4.78, 5) is 43.1. The third-order valence-corrected chi connectivity index (χ3v) is 9.30. The van der Waals surface area contributed by atoms with E-state index in [1.165, 1.54) is 22.9 Å². The van der Waals surface area contributed by atoms with Crippen molar-refractivity contribution < 1.29 is 14.0 Å². The van der Waals surface area contributed by atoms with Gasteiger partial charge in [-0.1, -0.05) is 69.5 Å². The predicted molar refractivity (Wildman–Crippen MR) is 182 cm³/mol. The maximum absolute atomic E-state index is 13.4. The van der Waals surface area contributed by atoms with E-state index in [9.17, 15) is 14.4 Å². The lowest BCUT2D eigenvalue weighted by Gasteiger charge is -2.34. The smallest absolute Gasteiger partial charge is 0.287 e. The molecule has 4 aromatic rings. The largest absolute Gasteiger partial charge is 0.451 e. The van der Waals surface area contributed by atoms with E-state index in [0.29, 0.717) is 35.4 Å². The second-order valence-electron chi connectivity index (χ2n) is 11.7. The van der Waals surface area contributed by atoms with E-state index >= 15 is 0 Å². The molecule has 0 bridgehead atoms. The molecule has 0 unspecified atom stereocenters. The van der Waals surface area contributed by atoms with E-state index in [2.05, 4.69) is 50.4 Å². The topological polar surface area (TPSA) is 82.9 Å². The molecule has 0 radical (unpaired) electrons. The number of fused-ring (bicyclic) bond motifs is 1. The Hall–Kier alpha value is -3.88. The maximum atomic E-state index is 13.4. The van der Waals surface area contributed by atoms with E-state index < -0.39 is 5.91 Å². The lowest BCUT2D eigenvalue weighted by atomic mass is 9.97. The van der Waals surface area contributed by atoms with Crippen molar-refractivity contribution in [1.82, 2.24) is 10.2 Å². The zero-order valence-corrected chi connectivity index (χ0v) is 27.3. The number of rotatable bonds is 8. The molecule has 3 heterocycles. The molecule has 0 spiro atoms. The molecule has 232 valence electrons. The average molecular weight is 689 g/mol. The van der Waals surface area contributed by atoms with Crippen LogP contribution in [0.5, 0.6) is 0 Å². The van der Waals surface area contributed by atoms with Crippen molar-refractivity contribution in [3.05, 3.63) is 121 Å². The lowest BCUT2D eigenvalue weighted by Crippen LogP contribution is -2.37. The SMILES string of the molecule is O=C(N[C@H](C=C1CCN(c2ccccc2CN2CCCCC2=O)CC1)Cc1ccc(Cl)cc1)c1cc(=O)c2cc(Br)ccc2o1. The highest BCUT2D eigenvalue weighted by Crippen LogP contribution is 2.29. The minimum Gasteiger partial charge on any atom is -0.451 e. The number of para-hydroxylation sites is 1. The number of likely N-dealkylation sites (tertiary alicyclic amines) is 1. The van der Waals surface area contributed by atoms with Crippen molar-refractivity contribution in [2.75, 3.05) is 24.5 Å². The first kappa shape index (κ1) is 31.1. The first-order valence-electron chi connectivity index (χ1n) is 15.4. The molecule has 1 aromatic heterocycles. The Morgan fingerprint density at radius 1 is 0.956 bits per heavy atom. The molecule has 1 atom stereocenters. The average Bonchev–Trinajstić information content (AvgIpc) is 3.04. The number of piperidine rings is 2. The number of halogens is 2. The van der Waals surface area contributed by atoms with Crippen molar-refractivity contribution in [2.24, 2.45) is 0 Å². The van der Waals surface area contributed by atoms with Crippen LogP contribution in [0.15, 0.2) is 98.1 Å². The van der Waals surface area contributed by atoms with Gasteiger partial charge in [-0.25, -0.2) is 0 Å². The van der Waals surface area contributed by atoms with Gasteiger partial charge in [-0.05, 0) is 79.6 Å². The van der Waals surface area contributed by atoms with Gasteiger partial charge < -0.3 is 19.5 Å². The number of anilines is 1. The Morgan fingerprint density at radius 2 is 1.73 bits per heavy atom. The third kappa shape index (κ3) is 7.68. The van der Waals surface area contributed by atoms with E-state index in [1.807, 2.05) is 35.2 Å². The summed E-state index contributed by atoms with van der Waals surface area (Å²) in [5.41, 5.74) is 4.74. The summed E-state index contributed by atoms with van der Waals surface area (Å²) < 4.78 is 6.61. The van der Waals surface area contributed by atoms with Crippen LogP contribution in [0, 0.1) is 0 Å². The molecule has 2 saturated heterocycles. The number of carbonyl (C=O) groups excluding carboxylic acids is 2. The van der Waals surface area contributed by atoms with Gasteiger partial charge in [0.25, 0.3) is 5.91 Å². The number of hydrogen-bond donors (Lipinski definition) is 1. The van der Waals surface area contributed by atoms with Crippen LogP contribution in [0.3, 0.4) is 0 Å². The minimum absolute atomic E-state index is 0.0204. The van der Waals surface area contributed by atoms with Crippen LogP contribution in [0.1, 0.15) is 53.8 Å². The summed E-state index contributed by atoms with van der Waals surface area (Å²) in [7, 11) is 0. The van der Waals surface area contributed by atoms with Gasteiger partial charge in [-0.15, -0.1) is 0 Å². The van der Waals surface area contributed by atoms with Crippen molar-refractivity contribution in [2.45, 2.75) is 51.1 Å². The summed E-state index contributed by atoms with van der Waals surface area (Å²) in [6.45, 7) is 3.15. The van der Waals surface area contributed by atoms with Gasteiger partial charge in [0.05, 0.1) is 11.4 Å². The first-order chi connectivity index (χ1) is 21.8.